The van der Waals surface area contributed by atoms with E-state index in [0.29, 0.717) is 6.61 Å². The second kappa shape index (κ2) is 8.11. The molecule has 26 heavy (non-hydrogen) atoms. The van der Waals surface area contributed by atoms with E-state index in [9.17, 15) is 0 Å². The molecule has 0 saturated heterocycles. The minimum Gasteiger partial charge on any atom is -0.492 e. The number of hydrogen-bond acceptors (Lipinski definition) is 4. The maximum Gasteiger partial charge on any atom is 0.138 e. The van der Waals surface area contributed by atoms with Gasteiger partial charge in [0.1, 0.15) is 23.7 Å². The fraction of sp³-hybridized carbons (Fsp3) is 0.273. The molecular weight excluding hydrogens is 324 g/mol. The van der Waals surface area contributed by atoms with Crippen molar-refractivity contribution in [2.24, 2.45) is 0 Å². The molecule has 4 nitrogen and oxygen atoms in total. The Morgan fingerprint density at radius 1 is 0.923 bits per heavy atom. The first-order chi connectivity index (χ1) is 12.5. The van der Waals surface area contributed by atoms with Crippen molar-refractivity contribution in [3.63, 3.8) is 0 Å². The van der Waals surface area contributed by atoms with Gasteiger partial charge < -0.3 is 19.0 Å². The number of likely N-dealkylation sites (N-methyl/N-ethyl adjacent to an activating group) is 1. The molecule has 3 rings (SSSR count). The van der Waals surface area contributed by atoms with Gasteiger partial charge in [-0.15, -0.1) is 0 Å². The number of ether oxygens (including phenoxy) is 1. The zero-order valence-electron chi connectivity index (χ0n) is 15.9. The van der Waals surface area contributed by atoms with E-state index in [1.807, 2.05) is 58.5 Å². The monoisotopic (exact) mass is 350 g/mol. The lowest BCUT2D eigenvalue weighted by atomic mass is 10.1. The molecule has 0 atom stereocenters. The Kier molecular flexibility index (Phi) is 5.64. The topological polar surface area (TPSA) is 28.9 Å². The highest BCUT2D eigenvalue weighted by molar-refractivity contribution is 5.83. The molecule has 1 heterocycles. The molecule has 0 amide bonds. The Hall–Kier alpha value is -2.72. The summed E-state index contributed by atoms with van der Waals surface area (Å²) in [5.74, 6) is 1.67. The molecule has 0 N–H and O–H groups in total. The maximum absolute atomic E-state index is 5.93. The van der Waals surface area contributed by atoms with E-state index in [0.717, 1.165) is 34.6 Å². The van der Waals surface area contributed by atoms with Crippen LogP contribution in [0.3, 0.4) is 0 Å². The third-order valence-corrected chi connectivity index (χ3v) is 4.17. The number of benzene rings is 2. The van der Waals surface area contributed by atoms with E-state index < -0.39 is 0 Å². The third kappa shape index (κ3) is 4.67. The molecule has 0 saturated carbocycles. The molecule has 0 aliphatic heterocycles. The molecule has 0 aliphatic carbocycles. The zero-order valence-corrected chi connectivity index (χ0v) is 15.9. The van der Waals surface area contributed by atoms with E-state index >= 15 is 0 Å². The fourth-order valence-corrected chi connectivity index (χ4v) is 2.61. The van der Waals surface area contributed by atoms with Gasteiger partial charge in [-0.3, -0.25) is 0 Å². The van der Waals surface area contributed by atoms with E-state index in [4.69, 9.17) is 9.15 Å². The molecule has 3 aromatic rings. The van der Waals surface area contributed by atoms with Gasteiger partial charge in [-0.25, -0.2) is 0 Å². The van der Waals surface area contributed by atoms with E-state index in [2.05, 4.69) is 40.1 Å². The molecule has 136 valence electrons. The van der Waals surface area contributed by atoms with Crippen LogP contribution in [0.5, 0.6) is 5.75 Å². The van der Waals surface area contributed by atoms with Crippen LogP contribution < -0.4 is 9.64 Å². The van der Waals surface area contributed by atoms with Crippen LogP contribution in [0, 0.1) is 0 Å². The highest BCUT2D eigenvalue weighted by atomic mass is 16.5. The van der Waals surface area contributed by atoms with Crippen molar-refractivity contribution in [1.82, 2.24) is 4.90 Å². The number of anilines is 1. The van der Waals surface area contributed by atoms with Gasteiger partial charge in [0.05, 0.1) is 0 Å². The zero-order chi connectivity index (χ0) is 18.5. The van der Waals surface area contributed by atoms with Gasteiger partial charge in [0, 0.05) is 37.8 Å². The summed E-state index contributed by atoms with van der Waals surface area (Å²) in [5, 5.41) is 1.08. The lowest BCUT2D eigenvalue weighted by molar-refractivity contribution is 0.261. The predicted molar refractivity (Wildman–Crippen MR) is 110 cm³/mol. The SMILES string of the molecule is CN(C)CCOc1ccc2cc(/C=C/c3ccc(N(C)C)cc3)oc2c1. The first kappa shape index (κ1) is 18.1. The summed E-state index contributed by atoms with van der Waals surface area (Å²) in [6.45, 7) is 1.55. The molecule has 0 radical (unpaired) electrons. The van der Waals surface area contributed by atoms with Crippen molar-refractivity contribution in [2.45, 2.75) is 0 Å². The minimum atomic E-state index is 0.662. The second-order valence-electron chi connectivity index (χ2n) is 6.82. The van der Waals surface area contributed by atoms with Gasteiger partial charge in [-0.2, -0.15) is 0 Å². The molecule has 0 fully saturated rings. The summed E-state index contributed by atoms with van der Waals surface area (Å²) < 4.78 is 11.7. The highest BCUT2D eigenvalue weighted by Crippen LogP contribution is 2.25. The summed E-state index contributed by atoms with van der Waals surface area (Å²) in [4.78, 5) is 4.18. The standard InChI is InChI=1S/C22H26N2O2/c1-23(2)13-14-25-20-12-8-18-15-21(26-22(18)16-20)11-7-17-5-9-19(10-6-17)24(3)4/h5-12,15-16H,13-14H2,1-4H3/b11-7+. The fourth-order valence-electron chi connectivity index (χ4n) is 2.61. The van der Waals surface area contributed by atoms with Crippen LogP contribution in [0.15, 0.2) is 52.9 Å². The maximum atomic E-state index is 5.93. The van der Waals surface area contributed by atoms with Crippen molar-refractivity contribution in [2.75, 3.05) is 46.2 Å². The van der Waals surface area contributed by atoms with Gasteiger partial charge in [0.25, 0.3) is 0 Å². The second-order valence-corrected chi connectivity index (χ2v) is 6.82. The molecule has 4 heteroatoms. The largest absolute Gasteiger partial charge is 0.492 e. The van der Waals surface area contributed by atoms with Crippen LogP contribution in [0.2, 0.25) is 0 Å². The highest BCUT2D eigenvalue weighted by Gasteiger charge is 2.04. The van der Waals surface area contributed by atoms with Crippen LogP contribution in [0.1, 0.15) is 11.3 Å². The Morgan fingerprint density at radius 2 is 1.69 bits per heavy atom. The number of rotatable bonds is 7. The van der Waals surface area contributed by atoms with Gasteiger partial charge in [0.15, 0.2) is 0 Å². The van der Waals surface area contributed by atoms with E-state index in [1.165, 1.54) is 5.69 Å². The normalized spacial score (nSPS) is 11.6. The molecule has 2 aromatic carbocycles. The Balaban J connectivity index is 1.70. The van der Waals surface area contributed by atoms with Crippen molar-refractivity contribution in [1.29, 1.82) is 0 Å². The minimum absolute atomic E-state index is 0.662. The van der Waals surface area contributed by atoms with Crippen LogP contribution >= 0.6 is 0 Å². The summed E-state index contributed by atoms with van der Waals surface area (Å²) >= 11 is 0. The summed E-state index contributed by atoms with van der Waals surface area (Å²) in [7, 11) is 8.15. The van der Waals surface area contributed by atoms with Crippen molar-refractivity contribution in [3.8, 4) is 5.75 Å². The van der Waals surface area contributed by atoms with Gasteiger partial charge >= 0.3 is 0 Å². The summed E-state index contributed by atoms with van der Waals surface area (Å²) in [6.07, 6.45) is 4.06. The Labute approximate surface area is 155 Å². The van der Waals surface area contributed by atoms with Crippen LogP contribution in [-0.2, 0) is 0 Å². The summed E-state index contributed by atoms with van der Waals surface area (Å²) in [6, 6.07) is 16.4. The average molecular weight is 350 g/mol. The quantitative estimate of drug-likeness (QED) is 0.622. The first-order valence-electron chi connectivity index (χ1n) is 8.78. The number of nitrogens with zero attached hydrogens (tertiary/aromatic N) is 2. The number of hydrogen-bond donors (Lipinski definition) is 0. The smallest absolute Gasteiger partial charge is 0.138 e. The van der Waals surface area contributed by atoms with Crippen LogP contribution in [-0.4, -0.2) is 46.2 Å². The van der Waals surface area contributed by atoms with Crippen molar-refractivity contribution >= 4 is 28.8 Å². The molecule has 1 aromatic heterocycles. The van der Waals surface area contributed by atoms with Crippen LogP contribution in [0.25, 0.3) is 23.1 Å². The molecule has 0 bridgehead atoms. The number of fused-ring (bicyclic) bond motifs is 1. The third-order valence-electron chi connectivity index (χ3n) is 4.17. The molecule has 0 aliphatic rings. The van der Waals surface area contributed by atoms with Gasteiger partial charge in [0.2, 0.25) is 0 Å². The average Bonchev–Trinajstić information content (AvgIpc) is 3.02. The lowest BCUT2D eigenvalue weighted by Crippen LogP contribution is -2.19. The number of furan rings is 1. The molecular formula is C22H26N2O2. The van der Waals surface area contributed by atoms with Crippen LogP contribution in [0.4, 0.5) is 5.69 Å². The van der Waals surface area contributed by atoms with E-state index in [1.54, 1.807) is 0 Å². The molecule has 0 spiro atoms. The van der Waals surface area contributed by atoms with Crippen molar-refractivity contribution < 1.29 is 9.15 Å². The molecule has 0 unspecified atom stereocenters. The van der Waals surface area contributed by atoms with Crippen molar-refractivity contribution in [3.05, 3.63) is 59.9 Å². The van der Waals surface area contributed by atoms with Gasteiger partial charge in [-0.05, 0) is 56.1 Å². The van der Waals surface area contributed by atoms with Gasteiger partial charge in [-0.1, -0.05) is 18.2 Å². The summed E-state index contributed by atoms with van der Waals surface area (Å²) in [5.41, 5.74) is 3.17. The Morgan fingerprint density at radius 3 is 2.38 bits per heavy atom. The lowest BCUT2D eigenvalue weighted by Gasteiger charge is -2.11. The predicted octanol–water partition coefficient (Wildman–Crippen LogP) is 4.61. The van der Waals surface area contributed by atoms with E-state index in [-0.39, 0.29) is 0 Å². The first-order valence-corrected chi connectivity index (χ1v) is 8.78. The Bertz CT molecular complexity index is 877.